The lowest BCUT2D eigenvalue weighted by molar-refractivity contribution is -0.0226. The lowest BCUT2D eigenvalue weighted by Gasteiger charge is -2.16. The number of amides is 1. The van der Waals surface area contributed by atoms with Crippen molar-refractivity contribution in [3.05, 3.63) is 52.0 Å². The van der Waals surface area contributed by atoms with Crippen molar-refractivity contribution >= 4 is 17.2 Å². The quantitative estimate of drug-likeness (QED) is 0.858. The molecule has 1 aliphatic heterocycles. The monoisotopic (exact) mass is 348 g/mol. The zero-order valence-corrected chi connectivity index (χ0v) is 14.1. The molecule has 0 radical (unpaired) electrons. The molecule has 1 amide bonds. The summed E-state index contributed by atoms with van der Waals surface area (Å²) < 4.78 is 5.58. The van der Waals surface area contributed by atoms with Gasteiger partial charge in [0, 0.05) is 25.4 Å². The smallest absolute Gasteiger partial charge is 0.273 e. The highest BCUT2D eigenvalue weighted by Gasteiger charge is 2.36. The van der Waals surface area contributed by atoms with Crippen molar-refractivity contribution in [3.63, 3.8) is 0 Å². The predicted molar refractivity (Wildman–Crippen MR) is 89.7 cm³/mol. The topological polar surface area (TPSA) is 82.9 Å². The van der Waals surface area contributed by atoms with Crippen molar-refractivity contribution in [2.75, 3.05) is 13.7 Å². The van der Waals surface area contributed by atoms with E-state index in [4.69, 9.17) is 9.84 Å². The van der Waals surface area contributed by atoms with Crippen LogP contribution in [0.1, 0.15) is 33.6 Å². The van der Waals surface area contributed by atoms with Crippen LogP contribution in [0.4, 0.5) is 0 Å². The van der Waals surface area contributed by atoms with E-state index in [0.29, 0.717) is 23.7 Å². The van der Waals surface area contributed by atoms with Crippen LogP contribution in [0.5, 0.6) is 0 Å². The summed E-state index contributed by atoms with van der Waals surface area (Å²) >= 11 is 1.34. The van der Waals surface area contributed by atoms with Gasteiger partial charge < -0.3 is 19.8 Å². The first-order valence-electron chi connectivity index (χ1n) is 7.77. The number of aromatic nitrogens is 1. The molecule has 0 unspecified atom stereocenters. The Morgan fingerprint density at radius 1 is 1.42 bits per heavy atom. The fourth-order valence-electron chi connectivity index (χ4n) is 2.71. The Kier molecular flexibility index (Phi) is 5.25. The van der Waals surface area contributed by atoms with Crippen LogP contribution in [0.2, 0.25) is 0 Å². The number of benzene rings is 1. The second-order valence-electron chi connectivity index (χ2n) is 5.87. The molecule has 128 valence electrons. The third-order valence-corrected chi connectivity index (χ3v) is 4.97. The average Bonchev–Trinajstić information content (AvgIpc) is 3.21. The van der Waals surface area contributed by atoms with Crippen LogP contribution in [0.25, 0.3) is 0 Å². The van der Waals surface area contributed by atoms with Crippen LogP contribution in [0, 0.1) is 0 Å². The average molecular weight is 348 g/mol. The molecule has 1 fully saturated rings. The third-order valence-electron chi connectivity index (χ3n) is 4.03. The highest BCUT2D eigenvalue weighted by Crippen LogP contribution is 2.34. The van der Waals surface area contributed by atoms with Gasteiger partial charge in [0.1, 0.15) is 22.9 Å². The largest absolute Gasteiger partial charge is 0.394 e. The summed E-state index contributed by atoms with van der Waals surface area (Å²) in [5, 5.41) is 21.3. The van der Waals surface area contributed by atoms with Gasteiger partial charge in [-0.1, -0.05) is 30.3 Å². The number of hydrogen-bond acceptors (Lipinski definition) is 6. The van der Waals surface area contributed by atoms with Gasteiger partial charge in [-0.3, -0.25) is 4.79 Å². The van der Waals surface area contributed by atoms with Crippen molar-refractivity contribution < 1.29 is 19.7 Å². The van der Waals surface area contributed by atoms with Crippen LogP contribution in [-0.2, 0) is 11.3 Å². The van der Waals surface area contributed by atoms with E-state index in [0.717, 1.165) is 5.56 Å². The molecule has 2 aromatic rings. The normalized spacial score (nSPS) is 23.4. The van der Waals surface area contributed by atoms with E-state index in [2.05, 4.69) is 4.98 Å². The molecule has 3 atom stereocenters. The highest BCUT2D eigenvalue weighted by molar-refractivity contribution is 7.09. The molecule has 1 saturated heterocycles. The minimum Gasteiger partial charge on any atom is -0.394 e. The van der Waals surface area contributed by atoms with Gasteiger partial charge >= 0.3 is 0 Å². The predicted octanol–water partition coefficient (Wildman–Crippen LogP) is 1.60. The Bertz CT molecular complexity index is 691. The summed E-state index contributed by atoms with van der Waals surface area (Å²) in [4.78, 5) is 18.5. The molecular formula is C17H20N2O4S. The summed E-state index contributed by atoms with van der Waals surface area (Å²) in [5.41, 5.74) is 1.43. The number of thiazole rings is 1. The van der Waals surface area contributed by atoms with Crippen LogP contribution in [0.15, 0.2) is 35.7 Å². The van der Waals surface area contributed by atoms with E-state index in [-0.39, 0.29) is 18.6 Å². The van der Waals surface area contributed by atoms with E-state index in [1.54, 1.807) is 17.3 Å². The minimum absolute atomic E-state index is 0.154. The number of rotatable bonds is 5. The number of carbonyl (C=O) groups excluding carboxylic acids is 1. The maximum absolute atomic E-state index is 12.5. The van der Waals surface area contributed by atoms with Gasteiger partial charge in [0.05, 0.1) is 12.7 Å². The first-order valence-corrected chi connectivity index (χ1v) is 8.65. The Labute approximate surface area is 144 Å². The van der Waals surface area contributed by atoms with Gasteiger partial charge in [-0.15, -0.1) is 11.3 Å². The van der Waals surface area contributed by atoms with E-state index in [1.165, 1.54) is 11.3 Å². The van der Waals surface area contributed by atoms with E-state index in [1.807, 2.05) is 30.3 Å². The van der Waals surface area contributed by atoms with Crippen LogP contribution >= 0.6 is 11.3 Å². The first-order chi connectivity index (χ1) is 11.6. The Morgan fingerprint density at radius 2 is 2.17 bits per heavy atom. The summed E-state index contributed by atoms with van der Waals surface area (Å²) in [5.74, 6) is -0.154. The number of nitrogens with zero attached hydrogens (tertiary/aromatic N) is 2. The molecule has 1 aromatic carbocycles. The molecule has 3 rings (SSSR count). The number of ether oxygens (including phenoxy) is 1. The third kappa shape index (κ3) is 3.64. The van der Waals surface area contributed by atoms with Gasteiger partial charge in [0.25, 0.3) is 5.91 Å². The molecule has 0 bridgehead atoms. The summed E-state index contributed by atoms with van der Waals surface area (Å²) in [7, 11) is 1.74. The molecule has 24 heavy (non-hydrogen) atoms. The Balaban J connectivity index is 1.65. The number of aliphatic hydroxyl groups is 2. The zero-order valence-electron chi connectivity index (χ0n) is 13.3. The van der Waals surface area contributed by atoms with Crippen molar-refractivity contribution in [1.82, 2.24) is 9.88 Å². The zero-order chi connectivity index (χ0) is 17.1. The summed E-state index contributed by atoms with van der Waals surface area (Å²) in [6, 6.07) is 9.76. The molecule has 1 aliphatic rings. The van der Waals surface area contributed by atoms with E-state index < -0.39 is 12.2 Å². The van der Waals surface area contributed by atoms with Gasteiger partial charge in [-0.2, -0.15) is 0 Å². The standard InChI is InChI=1S/C17H20N2O4S/c1-19(8-11-5-3-2-4-6-11)17(22)12-10-24-16(18-12)14-7-13(21)15(9-20)23-14/h2-6,10,13-15,20-21H,7-9H2,1H3/t13-,14+,15+/m0/s1. The van der Waals surface area contributed by atoms with Gasteiger partial charge in [-0.25, -0.2) is 4.98 Å². The van der Waals surface area contributed by atoms with Gasteiger partial charge in [0.2, 0.25) is 0 Å². The molecule has 0 saturated carbocycles. The van der Waals surface area contributed by atoms with Crippen molar-refractivity contribution in [3.8, 4) is 0 Å². The Hall–Kier alpha value is -1.80. The minimum atomic E-state index is -0.705. The molecule has 1 aromatic heterocycles. The van der Waals surface area contributed by atoms with Gasteiger partial charge in [0.15, 0.2) is 0 Å². The number of aliphatic hydroxyl groups excluding tert-OH is 2. The number of carbonyl (C=O) groups is 1. The second-order valence-corrected chi connectivity index (χ2v) is 6.76. The molecule has 6 nitrogen and oxygen atoms in total. The molecular weight excluding hydrogens is 328 g/mol. The fourth-order valence-corrected chi connectivity index (χ4v) is 3.55. The highest BCUT2D eigenvalue weighted by atomic mass is 32.1. The van der Waals surface area contributed by atoms with E-state index in [9.17, 15) is 9.90 Å². The van der Waals surface area contributed by atoms with Crippen LogP contribution in [-0.4, -0.2) is 51.9 Å². The molecule has 2 heterocycles. The first kappa shape index (κ1) is 17.0. The second kappa shape index (κ2) is 7.40. The summed E-state index contributed by atoms with van der Waals surface area (Å²) in [6.07, 6.45) is -1.28. The lowest BCUT2D eigenvalue weighted by Crippen LogP contribution is -2.26. The summed E-state index contributed by atoms with van der Waals surface area (Å²) in [6.45, 7) is 0.284. The maximum Gasteiger partial charge on any atom is 0.273 e. The van der Waals surface area contributed by atoms with Crippen LogP contribution < -0.4 is 0 Å². The SMILES string of the molecule is CN(Cc1ccccc1)C(=O)c1csc([C@H]2C[C@H](O)[C@@H](CO)O2)n1. The van der Waals surface area contributed by atoms with Crippen molar-refractivity contribution in [2.45, 2.75) is 31.3 Å². The molecule has 2 N–H and O–H groups in total. The molecule has 0 spiro atoms. The maximum atomic E-state index is 12.5. The fraction of sp³-hybridized carbons (Fsp3) is 0.412. The van der Waals surface area contributed by atoms with E-state index >= 15 is 0 Å². The van der Waals surface area contributed by atoms with Gasteiger partial charge in [-0.05, 0) is 5.56 Å². The molecule has 0 aliphatic carbocycles. The van der Waals surface area contributed by atoms with Crippen LogP contribution in [0.3, 0.4) is 0 Å². The molecule has 7 heteroatoms. The van der Waals surface area contributed by atoms with Crippen molar-refractivity contribution in [1.29, 1.82) is 0 Å². The van der Waals surface area contributed by atoms with Crippen molar-refractivity contribution in [2.24, 2.45) is 0 Å². The number of hydrogen-bond donors (Lipinski definition) is 2. The lowest BCUT2D eigenvalue weighted by atomic mass is 10.1. The Morgan fingerprint density at radius 3 is 2.83 bits per heavy atom.